The van der Waals surface area contributed by atoms with E-state index >= 15 is 0 Å². The summed E-state index contributed by atoms with van der Waals surface area (Å²) in [6.45, 7) is 4.03. The summed E-state index contributed by atoms with van der Waals surface area (Å²) in [5.41, 5.74) is 0. The number of rotatable bonds is 6. The van der Waals surface area contributed by atoms with Crippen molar-refractivity contribution in [3.05, 3.63) is 0 Å². The van der Waals surface area contributed by atoms with Crippen LogP contribution in [0.1, 0.15) is 39.0 Å². The number of likely N-dealkylation sites (tertiary alicyclic amines) is 1. The molecule has 1 fully saturated rings. The summed E-state index contributed by atoms with van der Waals surface area (Å²) in [7, 11) is 1.41. The van der Waals surface area contributed by atoms with Gasteiger partial charge in [-0.3, -0.25) is 14.5 Å². The van der Waals surface area contributed by atoms with Crippen molar-refractivity contribution in [2.75, 3.05) is 26.7 Å². The predicted molar refractivity (Wildman–Crippen MR) is 69.1 cm³/mol. The number of ether oxygens (including phenoxy) is 1. The highest BCUT2D eigenvalue weighted by molar-refractivity contribution is 5.78. The Morgan fingerprint density at radius 2 is 2.17 bits per heavy atom. The second-order valence-electron chi connectivity index (χ2n) is 4.75. The first-order valence-corrected chi connectivity index (χ1v) is 6.75. The third-order valence-corrected chi connectivity index (χ3v) is 3.30. The van der Waals surface area contributed by atoms with E-state index in [-0.39, 0.29) is 17.9 Å². The summed E-state index contributed by atoms with van der Waals surface area (Å²) in [6, 6.07) is 0.151. The Morgan fingerprint density at radius 1 is 1.39 bits per heavy atom. The van der Waals surface area contributed by atoms with E-state index in [1.54, 1.807) is 0 Å². The zero-order valence-corrected chi connectivity index (χ0v) is 11.4. The standard InChI is InChI=1S/C13H24N2O3/c1-3-7-14-12(16)10-15-8-5-4-6-11(15)9-13(17)18-2/h11H,3-10H2,1-2H3,(H,14,16). The lowest BCUT2D eigenvalue weighted by molar-refractivity contribution is -0.143. The molecule has 0 bridgehead atoms. The van der Waals surface area contributed by atoms with Crippen molar-refractivity contribution in [3.63, 3.8) is 0 Å². The molecule has 1 rings (SSSR count). The van der Waals surface area contributed by atoms with Crippen molar-refractivity contribution >= 4 is 11.9 Å². The molecule has 1 heterocycles. The van der Waals surface area contributed by atoms with Crippen LogP contribution >= 0.6 is 0 Å². The molecule has 0 aromatic carbocycles. The Morgan fingerprint density at radius 3 is 2.83 bits per heavy atom. The van der Waals surface area contributed by atoms with E-state index in [4.69, 9.17) is 4.74 Å². The second kappa shape index (κ2) is 8.08. The van der Waals surface area contributed by atoms with Gasteiger partial charge in [-0.05, 0) is 25.8 Å². The number of piperidine rings is 1. The van der Waals surface area contributed by atoms with E-state index in [9.17, 15) is 9.59 Å². The monoisotopic (exact) mass is 256 g/mol. The fourth-order valence-corrected chi connectivity index (χ4v) is 2.28. The highest BCUT2D eigenvalue weighted by atomic mass is 16.5. The lowest BCUT2D eigenvalue weighted by Crippen LogP contribution is -2.46. The van der Waals surface area contributed by atoms with Crippen LogP contribution in [0.5, 0.6) is 0 Å². The Kier molecular flexibility index (Phi) is 6.72. The fourth-order valence-electron chi connectivity index (χ4n) is 2.28. The maximum atomic E-state index is 11.7. The minimum Gasteiger partial charge on any atom is -0.469 e. The van der Waals surface area contributed by atoms with Crippen LogP contribution < -0.4 is 5.32 Å². The summed E-state index contributed by atoms with van der Waals surface area (Å²) in [5.74, 6) is -0.144. The summed E-state index contributed by atoms with van der Waals surface area (Å²) >= 11 is 0. The number of nitrogens with one attached hydrogen (secondary N) is 1. The summed E-state index contributed by atoms with van der Waals surface area (Å²) in [5, 5.41) is 2.87. The normalized spacial score (nSPS) is 20.4. The van der Waals surface area contributed by atoms with Gasteiger partial charge in [-0.2, -0.15) is 0 Å². The topological polar surface area (TPSA) is 58.6 Å². The molecule has 0 radical (unpaired) electrons. The van der Waals surface area contributed by atoms with Gasteiger partial charge < -0.3 is 10.1 Å². The molecule has 1 atom stereocenters. The molecule has 1 unspecified atom stereocenters. The predicted octanol–water partition coefficient (Wildman–Crippen LogP) is 0.930. The highest BCUT2D eigenvalue weighted by Crippen LogP contribution is 2.19. The molecular weight excluding hydrogens is 232 g/mol. The smallest absolute Gasteiger partial charge is 0.307 e. The molecule has 0 aromatic heterocycles. The molecule has 1 aliphatic rings. The first kappa shape index (κ1) is 15.0. The molecule has 1 aliphatic heterocycles. The molecule has 0 aliphatic carbocycles. The van der Waals surface area contributed by atoms with Gasteiger partial charge in [0.1, 0.15) is 0 Å². The van der Waals surface area contributed by atoms with Gasteiger partial charge in [0, 0.05) is 12.6 Å². The molecule has 1 saturated heterocycles. The van der Waals surface area contributed by atoms with Gasteiger partial charge in [0.05, 0.1) is 20.1 Å². The molecule has 104 valence electrons. The summed E-state index contributed by atoms with van der Waals surface area (Å²) in [6.07, 6.45) is 4.51. The average Bonchev–Trinajstić information content (AvgIpc) is 2.38. The molecule has 0 saturated carbocycles. The van der Waals surface area contributed by atoms with Crippen LogP contribution in [0.25, 0.3) is 0 Å². The average molecular weight is 256 g/mol. The van der Waals surface area contributed by atoms with Crippen LogP contribution in [0.3, 0.4) is 0 Å². The van der Waals surface area contributed by atoms with Crippen molar-refractivity contribution in [1.29, 1.82) is 0 Å². The van der Waals surface area contributed by atoms with E-state index < -0.39 is 0 Å². The van der Waals surface area contributed by atoms with Crippen molar-refractivity contribution in [2.45, 2.75) is 45.1 Å². The van der Waals surface area contributed by atoms with Gasteiger partial charge >= 0.3 is 5.97 Å². The first-order chi connectivity index (χ1) is 8.67. The zero-order chi connectivity index (χ0) is 13.4. The van der Waals surface area contributed by atoms with Crippen LogP contribution in [-0.2, 0) is 14.3 Å². The van der Waals surface area contributed by atoms with Gasteiger partial charge in [-0.15, -0.1) is 0 Å². The van der Waals surface area contributed by atoms with Gasteiger partial charge in [0.15, 0.2) is 0 Å². The van der Waals surface area contributed by atoms with Crippen molar-refractivity contribution in [3.8, 4) is 0 Å². The number of amides is 1. The molecule has 1 amide bonds. The van der Waals surface area contributed by atoms with Gasteiger partial charge in [0.25, 0.3) is 0 Å². The third-order valence-electron chi connectivity index (χ3n) is 3.30. The van der Waals surface area contributed by atoms with E-state index in [0.29, 0.717) is 19.5 Å². The van der Waals surface area contributed by atoms with Crippen LogP contribution in [0.4, 0.5) is 0 Å². The van der Waals surface area contributed by atoms with E-state index in [1.807, 2.05) is 6.92 Å². The van der Waals surface area contributed by atoms with E-state index in [1.165, 1.54) is 7.11 Å². The van der Waals surface area contributed by atoms with E-state index in [0.717, 1.165) is 32.2 Å². The third kappa shape index (κ3) is 5.04. The molecule has 1 N–H and O–H groups in total. The highest BCUT2D eigenvalue weighted by Gasteiger charge is 2.26. The van der Waals surface area contributed by atoms with Crippen LogP contribution in [0.15, 0.2) is 0 Å². The lowest BCUT2D eigenvalue weighted by Gasteiger charge is -2.34. The number of nitrogens with zero attached hydrogens (tertiary/aromatic N) is 1. The number of carbonyl (C=O) groups excluding carboxylic acids is 2. The molecular formula is C13H24N2O3. The number of hydrogen-bond acceptors (Lipinski definition) is 4. The minimum atomic E-state index is -0.194. The van der Waals surface area contributed by atoms with Gasteiger partial charge in [-0.25, -0.2) is 0 Å². The maximum absolute atomic E-state index is 11.7. The minimum absolute atomic E-state index is 0.0496. The summed E-state index contributed by atoms with van der Waals surface area (Å²) in [4.78, 5) is 25.1. The Bertz CT molecular complexity index is 281. The molecule has 0 spiro atoms. The van der Waals surface area contributed by atoms with Crippen LogP contribution in [0, 0.1) is 0 Å². The van der Waals surface area contributed by atoms with Crippen molar-refractivity contribution in [1.82, 2.24) is 10.2 Å². The largest absolute Gasteiger partial charge is 0.469 e. The lowest BCUT2D eigenvalue weighted by atomic mass is 9.99. The second-order valence-corrected chi connectivity index (χ2v) is 4.75. The van der Waals surface area contributed by atoms with Gasteiger partial charge in [0.2, 0.25) is 5.91 Å². The number of hydrogen-bond donors (Lipinski definition) is 1. The molecule has 0 aromatic rings. The maximum Gasteiger partial charge on any atom is 0.307 e. The number of esters is 1. The zero-order valence-electron chi connectivity index (χ0n) is 11.4. The fraction of sp³-hybridized carbons (Fsp3) is 0.846. The van der Waals surface area contributed by atoms with Crippen LogP contribution in [0.2, 0.25) is 0 Å². The summed E-state index contributed by atoms with van der Waals surface area (Å²) < 4.78 is 4.71. The Hall–Kier alpha value is -1.10. The van der Waals surface area contributed by atoms with Crippen molar-refractivity contribution in [2.24, 2.45) is 0 Å². The molecule has 5 heteroatoms. The number of carbonyl (C=O) groups is 2. The van der Waals surface area contributed by atoms with Crippen molar-refractivity contribution < 1.29 is 14.3 Å². The van der Waals surface area contributed by atoms with Gasteiger partial charge in [-0.1, -0.05) is 13.3 Å². The van der Waals surface area contributed by atoms with Crippen LogP contribution in [-0.4, -0.2) is 49.6 Å². The Labute approximate surface area is 109 Å². The Balaban J connectivity index is 2.43. The molecule has 18 heavy (non-hydrogen) atoms. The number of methoxy groups -OCH3 is 1. The van der Waals surface area contributed by atoms with E-state index in [2.05, 4.69) is 10.2 Å². The first-order valence-electron chi connectivity index (χ1n) is 6.75. The quantitative estimate of drug-likeness (QED) is 0.718. The molecule has 5 nitrogen and oxygen atoms in total. The SMILES string of the molecule is CCCNC(=O)CN1CCCCC1CC(=O)OC.